The van der Waals surface area contributed by atoms with Gasteiger partial charge in [-0.25, -0.2) is 4.98 Å². The van der Waals surface area contributed by atoms with Gasteiger partial charge in [-0.15, -0.1) is 11.3 Å². The van der Waals surface area contributed by atoms with Gasteiger partial charge in [-0.05, 0) is 12.1 Å². The second kappa shape index (κ2) is 6.26. The molecule has 0 aliphatic carbocycles. The first-order valence-corrected chi connectivity index (χ1v) is 6.71. The molecular weight excluding hydrogens is 282 g/mol. The van der Waals surface area contributed by atoms with E-state index in [-0.39, 0.29) is 17.5 Å². The number of nitrogens with zero attached hydrogens (tertiary/aromatic N) is 1. The van der Waals surface area contributed by atoms with E-state index < -0.39 is 0 Å². The molecule has 0 unspecified atom stereocenters. The molecule has 0 spiro atoms. The van der Waals surface area contributed by atoms with Gasteiger partial charge in [0.1, 0.15) is 23.0 Å². The van der Waals surface area contributed by atoms with Crippen molar-refractivity contribution in [2.45, 2.75) is 0 Å². The maximum atomic E-state index is 11.9. The number of carbonyl (C=O) groups is 1. The number of rotatable bonds is 5. The van der Waals surface area contributed by atoms with Crippen molar-refractivity contribution in [3.8, 4) is 5.75 Å². The van der Waals surface area contributed by atoms with Crippen molar-refractivity contribution >= 4 is 40.1 Å². The van der Waals surface area contributed by atoms with Crippen LogP contribution in [0.1, 0.15) is 10.5 Å². The minimum absolute atomic E-state index is 0.124. The maximum absolute atomic E-state index is 11.9. The Morgan fingerprint density at radius 1 is 1.47 bits per heavy atom. The average Bonchev–Trinajstić information content (AvgIpc) is 2.91. The highest BCUT2D eigenvalue weighted by Crippen LogP contribution is 2.24. The van der Waals surface area contributed by atoms with Gasteiger partial charge in [0.2, 0.25) is 0 Å². The van der Waals surface area contributed by atoms with Gasteiger partial charge < -0.3 is 15.8 Å². The van der Waals surface area contributed by atoms with E-state index in [0.29, 0.717) is 17.1 Å². The number of nitrogens with one attached hydrogen (secondary N) is 1. The lowest BCUT2D eigenvalue weighted by atomic mass is 10.3. The zero-order valence-electron chi connectivity index (χ0n) is 9.83. The maximum Gasteiger partial charge on any atom is 0.275 e. The van der Waals surface area contributed by atoms with Crippen molar-refractivity contribution in [3.05, 3.63) is 40.8 Å². The molecule has 5 nitrogen and oxygen atoms in total. The molecule has 2 rings (SSSR count). The lowest BCUT2D eigenvalue weighted by Crippen LogP contribution is -2.19. The molecule has 3 N–H and O–H groups in total. The third kappa shape index (κ3) is 3.73. The Bertz CT molecular complexity index is 584. The predicted molar refractivity (Wildman–Crippen MR) is 78.8 cm³/mol. The summed E-state index contributed by atoms with van der Waals surface area (Å²) in [5.74, 6) is 0.228. The van der Waals surface area contributed by atoms with Crippen molar-refractivity contribution in [1.82, 2.24) is 4.98 Å². The minimum Gasteiger partial charge on any atom is -0.484 e. The SMILES string of the molecule is NC(=S)COc1ccccc1NC(=O)c1cscn1. The highest BCUT2D eigenvalue weighted by atomic mass is 32.1. The highest BCUT2D eigenvalue weighted by Gasteiger charge is 2.11. The van der Waals surface area contributed by atoms with Gasteiger partial charge in [0, 0.05) is 5.38 Å². The minimum atomic E-state index is -0.285. The van der Waals surface area contributed by atoms with Crippen LogP contribution in [0.25, 0.3) is 0 Å². The number of hydrogen-bond acceptors (Lipinski definition) is 5. The summed E-state index contributed by atoms with van der Waals surface area (Å²) in [6.45, 7) is 0.124. The summed E-state index contributed by atoms with van der Waals surface area (Å²) in [6, 6.07) is 7.06. The van der Waals surface area contributed by atoms with Crippen LogP contribution < -0.4 is 15.8 Å². The predicted octanol–water partition coefficient (Wildman–Crippen LogP) is 2.06. The fourth-order valence-electron chi connectivity index (χ4n) is 1.36. The number of amides is 1. The normalized spacial score (nSPS) is 9.89. The van der Waals surface area contributed by atoms with Gasteiger partial charge in [0.25, 0.3) is 5.91 Å². The van der Waals surface area contributed by atoms with Crippen LogP contribution in [0, 0.1) is 0 Å². The number of para-hydroxylation sites is 2. The van der Waals surface area contributed by atoms with Gasteiger partial charge in [0.15, 0.2) is 0 Å². The Morgan fingerprint density at radius 3 is 2.95 bits per heavy atom. The third-order valence-electron chi connectivity index (χ3n) is 2.17. The van der Waals surface area contributed by atoms with Gasteiger partial charge >= 0.3 is 0 Å². The molecule has 0 fully saturated rings. The number of anilines is 1. The van der Waals surface area contributed by atoms with Gasteiger partial charge in [-0.1, -0.05) is 24.4 Å². The molecule has 1 amide bonds. The summed E-state index contributed by atoms with van der Waals surface area (Å²) in [4.78, 5) is 16.1. The molecule has 1 aromatic heterocycles. The van der Waals surface area contributed by atoms with E-state index >= 15 is 0 Å². The molecule has 0 saturated carbocycles. The number of aromatic nitrogens is 1. The first kappa shape index (κ1) is 13.4. The molecule has 7 heteroatoms. The van der Waals surface area contributed by atoms with Gasteiger partial charge in [-0.2, -0.15) is 0 Å². The summed E-state index contributed by atoms with van der Waals surface area (Å²) >= 11 is 6.11. The standard InChI is InChI=1S/C12H11N3O2S2/c13-11(18)5-17-10-4-2-1-3-8(10)15-12(16)9-6-19-7-14-9/h1-4,6-7H,5H2,(H2,13,18)(H,15,16). The van der Waals surface area contributed by atoms with E-state index in [1.54, 1.807) is 35.2 Å². The molecule has 0 atom stereocenters. The van der Waals surface area contributed by atoms with Crippen LogP contribution in [0.3, 0.4) is 0 Å². The Hall–Kier alpha value is -1.99. The topological polar surface area (TPSA) is 77.2 Å². The Balaban J connectivity index is 2.11. The van der Waals surface area contributed by atoms with Crippen LogP contribution in [-0.4, -0.2) is 22.5 Å². The Kier molecular flexibility index (Phi) is 4.43. The molecule has 0 aliphatic heterocycles. The fourth-order valence-corrected chi connectivity index (χ4v) is 1.95. The van der Waals surface area contributed by atoms with E-state index in [1.165, 1.54) is 11.3 Å². The zero-order chi connectivity index (χ0) is 13.7. The lowest BCUT2D eigenvalue weighted by molar-refractivity contribution is 0.102. The van der Waals surface area contributed by atoms with Crippen LogP contribution in [0.5, 0.6) is 5.75 Å². The number of nitrogens with two attached hydrogens (primary N) is 1. The summed E-state index contributed by atoms with van der Waals surface area (Å²) in [7, 11) is 0. The van der Waals surface area contributed by atoms with Crippen molar-refractivity contribution in [2.75, 3.05) is 11.9 Å². The Morgan fingerprint density at radius 2 is 2.26 bits per heavy atom. The van der Waals surface area contributed by atoms with Crippen molar-refractivity contribution in [1.29, 1.82) is 0 Å². The number of ether oxygens (including phenoxy) is 1. The highest BCUT2D eigenvalue weighted by molar-refractivity contribution is 7.80. The summed E-state index contributed by atoms with van der Waals surface area (Å²) in [5.41, 5.74) is 7.90. The molecule has 0 aliphatic rings. The summed E-state index contributed by atoms with van der Waals surface area (Å²) in [6.07, 6.45) is 0. The lowest BCUT2D eigenvalue weighted by Gasteiger charge is -2.11. The third-order valence-corrected chi connectivity index (χ3v) is 2.87. The van der Waals surface area contributed by atoms with Crippen molar-refractivity contribution in [2.24, 2.45) is 5.73 Å². The Labute approximate surface area is 119 Å². The molecule has 98 valence electrons. The van der Waals surface area contributed by atoms with Gasteiger partial charge in [0.05, 0.1) is 11.2 Å². The van der Waals surface area contributed by atoms with Crippen LogP contribution in [-0.2, 0) is 0 Å². The first-order chi connectivity index (χ1) is 9.16. The molecule has 0 radical (unpaired) electrons. The monoisotopic (exact) mass is 293 g/mol. The molecule has 0 saturated heterocycles. The van der Waals surface area contributed by atoms with E-state index in [4.69, 9.17) is 22.7 Å². The molecule has 1 aromatic carbocycles. The van der Waals surface area contributed by atoms with E-state index in [9.17, 15) is 4.79 Å². The number of hydrogen-bond donors (Lipinski definition) is 2. The largest absolute Gasteiger partial charge is 0.484 e. The average molecular weight is 293 g/mol. The summed E-state index contributed by atoms with van der Waals surface area (Å²) in [5, 5.41) is 4.41. The zero-order valence-corrected chi connectivity index (χ0v) is 11.5. The van der Waals surface area contributed by atoms with Crippen LogP contribution in [0.4, 0.5) is 5.69 Å². The molecule has 0 bridgehead atoms. The molecular formula is C12H11N3O2S2. The van der Waals surface area contributed by atoms with E-state index in [0.717, 1.165) is 0 Å². The number of thiazole rings is 1. The van der Waals surface area contributed by atoms with Crippen LogP contribution in [0.15, 0.2) is 35.2 Å². The molecule has 19 heavy (non-hydrogen) atoms. The number of thiocarbonyl (C=S) groups is 1. The quantitative estimate of drug-likeness (QED) is 0.825. The number of benzene rings is 1. The first-order valence-electron chi connectivity index (χ1n) is 5.36. The molecule has 2 aromatic rings. The van der Waals surface area contributed by atoms with Crippen LogP contribution >= 0.6 is 23.6 Å². The number of carbonyl (C=O) groups excluding carboxylic acids is 1. The van der Waals surface area contributed by atoms with Gasteiger partial charge in [-0.3, -0.25) is 4.79 Å². The molecule has 1 heterocycles. The van der Waals surface area contributed by atoms with Crippen molar-refractivity contribution < 1.29 is 9.53 Å². The summed E-state index contributed by atoms with van der Waals surface area (Å²) < 4.78 is 5.42. The fraction of sp³-hybridized carbons (Fsp3) is 0.0833. The van der Waals surface area contributed by atoms with E-state index in [2.05, 4.69) is 10.3 Å². The van der Waals surface area contributed by atoms with Crippen molar-refractivity contribution in [3.63, 3.8) is 0 Å². The smallest absolute Gasteiger partial charge is 0.275 e. The van der Waals surface area contributed by atoms with E-state index in [1.807, 2.05) is 0 Å². The second-order valence-corrected chi connectivity index (χ2v) is 4.82. The van der Waals surface area contributed by atoms with Crippen LogP contribution in [0.2, 0.25) is 0 Å². The second-order valence-electron chi connectivity index (χ2n) is 3.58.